The molecule has 0 spiro atoms. The quantitative estimate of drug-likeness (QED) is 0.525. The number of hydrogen-bond donors (Lipinski definition) is 0. The van der Waals surface area contributed by atoms with Crippen molar-refractivity contribution in [3.63, 3.8) is 0 Å². The first-order chi connectivity index (χ1) is 16.1. The highest BCUT2D eigenvalue weighted by molar-refractivity contribution is 7.90. The Bertz CT molecular complexity index is 1240. The first-order valence-corrected chi connectivity index (χ1v) is 13.3. The Hall–Kier alpha value is -3.12. The average Bonchev–Trinajstić information content (AvgIpc) is 2.84. The van der Waals surface area contributed by atoms with Gasteiger partial charge in [0.25, 0.3) is 5.91 Å². The number of benzene rings is 3. The van der Waals surface area contributed by atoms with Gasteiger partial charge in [0.2, 0.25) is 0 Å². The van der Waals surface area contributed by atoms with Crippen molar-refractivity contribution in [2.45, 2.75) is 36.8 Å². The van der Waals surface area contributed by atoms with Gasteiger partial charge in [-0.2, -0.15) is 0 Å². The lowest BCUT2D eigenvalue weighted by atomic mass is 9.87. The van der Waals surface area contributed by atoms with Crippen LogP contribution in [-0.2, 0) is 21.0 Å². The van der Waals surface area contributed by atoms with Gasteiger partial charge in [-0.25, -0.2) is 8.42 Å². The van der Waals surface area contributed by atoms with Crippen LogP contribution in [0.15, 0.2) is 83.8 Å². The van der Waals surface area contributed by atoms with E-state index in [2.05, 4.69) is 37.8 Å². The summed E-state index contributed by atoms with van der Waals surface area (Å²) in [6.45, 7) is 9.08. The molecule has 34 heavy (non-hydrogen) atoms. The molecule has 5 nitrogen and oxygen atoms in total. The van der Waals surface area contributed by atoms with E-state index in [-0.39, 0.29) is 22.0 Å². The zero-order chi connectivity index (χ0) is 24.3. The molecule has 0 saturated carbocycles. The van der Waals surface area contributed by atoms with Crippen LogP contribution in [0.3, 0.4) is 0 Å². The van der Waals surface area contributed by atoms with Crippen LogP contribution in [-0.4, -0.2) is 45.4 Å². The lowest BCUT2D eigenvalue weighted by molar-refractivity contribution is 0.0746. The fourth-order valence-electron chi connectivity index (χ4n) is 4.22. The van der Waals surface area contributed by atoms with Crippen molar-refractivity contribution in [3.8, 4) is 0 Å². The van der Waals surface area contributed by atoms with Crippen LogP contribution >= 0.6 is 0 Å². The smallest absolute Gasteiger partial charge is 0.254 e. The molecule has 3 aromatic rings. The van der Waals surface area contributed by atoms with E-state index >= 15 is 0 Å². The molecule has 1 heterocycles. The van der Waals surface area contributed by atoms with Crippen molar-refractivity contribution in [1.29, 1.82) is 0 Å². The number of piperazine rings is 1. The van der Waals surface area contributed by atoms with Gasteiger partial charge in [-0.1, -0.05) is 69.3 Å². The summed E-state index contributed by atoms with van der Waals surface area (Å²) >= 11 is 0. The molecule has 0 atom stereocenters. The monoisotopic (exact) mass is 476 g/mol. The predicted octanol–water partition coefficient (Wildman–Crippen LogP) is 4.92. The molecular weight excluding hydrogens is 444 g/mol. The van der Waals surface area contributed by atoms with Crippen molar-refractivity contribution in [1.82, 2.24) is 4.90 Å². The van der Waals surface area contributed by atoms with Gasteiger partial charge in [0.15, 0.2) is 9.84 Å². The molecule has 1 aliphatic rings. The third kappa shape index (κ3) is 5.50. The summed E-state index contributed by atoms with van der Waals surface area (Å²) in [5.74, 6) is -0.218. The number of para-hydroxylation sites is 1. The number of rotatable bonds is 5. The number of carbonyl (C=O) groups is 1. The molecule has 0 bridgehead atoms. The first kappa shape index (κ1) is 24.0. The maximum absolute atomic E-state index is 13.1. The fraction of sp³-hybridized carbons (Fsp3) is 0.321. The van der Waals surface area contributed by atoms with E-state index in [1.54, 1.807) is 23.1 Å². The van der Waals surface area contributed by atoms with Crippen molar-refractivity contribution in [3.05, 3.63) is 95.6 Å². The lowest BCUT2D eigenvalue weighted by Crippen LogP contribution is -2.48. The number of hydrogen-bond acceptors (Lipinski definition) is 4. The normalized spacial score (nSPS) is 14.8. The van der Waals surface area contributed by atoms with E-state index in [1.807, 2.05) is 42.5 Å². The van der Waals surface area contributed by atoms with Gasteiger partial charge in [0.1, 0.15) is 0 Å². The highest BCUT2D eigenvalue weighted by atomic mass is 32.2. The van der Waals surface area contributed by atoms with E-state index in [1.165, 1.54) is 6.07 Å². The highest BCUT2D eigenvalue weighted by Gasteiger charge is 2.24. The topological polar surface area (TPSA) is 57.7 Å². The average molecular weight is 477 g/mol. The maximum atomic E-state index is 13.1. The largest absolute Gasteiger partial charge is 0.368 e. The van der Waals surface area contributed by atoms with Gasteiger partial charge in [0, 0.05) is 37.4 Å². The van der Waals surface area contributed by atoms with Crippen molar-refractivity contribution >= 4 is 21.4 Å². The molecule has 4 rings (SSSR count). The standard InChI is InChI=1S/C28H32N2O3S/c1-28(2,3)24-14-12-22(13-15-24)21-34(32,33)26-11-7-8-23(20-26)27(31)30-18-16-29(17-19-30)25-9-5-4-6-10-25/h4-15,20H,16-19,21H2,1-3H3. The van der Waals surface area contributed by atoms with E-state index in [9.17, 15) is 13.2 Å². The Morgan fingerprint density at radius 2 is 1.47 bits per heavy atom. The Morgan fingerprint density at radius 3 is 2.09 bits per heavy atom. The molecule has 0 N–H and O–H groups in total. The molecule has 6 heteroatoms. The minimum Gasteiger partial charge on any atom is -0.368 e. The number of sulfone groups is 1. The summed E-state index contributed by atoms with van der Waals surface area (Å²) in [7, 11) is -3.57. The van der Waals surface area contributed by atoms with E-state index in [4.69, 9.17) is 0 Å². The summed E-state index contributed by atoms with van der Waals surface area (Å²) in [4.78, 5) is 17.4. The van der Waals surface area contributed by atoms with Gasteiger partial charge in [0.05, 0.1) is 10.6 Å². The third-order valence-corrected chi connectivity index (χ3v) is 7.99. The van der Waals surface area contributed by atoms with E-state index < -0.39 is 9.84 Å². The van der Waals surface area contributed by atoms with Crippen LogP contribution in [0.4, 0.5) is 5.69 Å². The molecule has 1 amide bonds. The summed E-state index contributed by atoms with van der Waals surface area (Å²) in [6.07, 6.45) is 0. The Balaban J connectivity index is 1.44. The first-order valence-electron chi connectivity index (χ1n) is 11.6. The summed E-state index contributed by atoms with van der Waals surface area (Å²) in [5, 5.41) is 0. The summed E-state index contributed by atoms with van der Waals surface area (Å²) in [5.41, 5.74) is 3.48. The van der Waals surface area contributed by atoms with Gasteiger partial charge >= 0.3 is 0 Å². The highest BCUT2D eigenvalue weighted by Crippen LogP contribution is 2.24. The van der Waals surface area contributed by atoms with Crippen LogP contribution in [0.5, 0.6) is 0 Å². The number of carbonyl (C=O) groups excluding carboxylic acids is 1. The Kier molecular flexibility index (Phi) is 6.80. The van der Waals surface area contributed by atoms with Crippen LogP contribution in [0.25, 0.3) is 0 Å². The van der Waals surface area contributed by atoms with Gasteiger partial charge in [-0.3, -0.25) is 4.79 Å². The van der Waals surface area contributed by atoms with Crippen LogP contribution < -0.4 is 4.90 Å². The fourth-order valence-corrected chi connectivity index (χ4v) is 5.61. The van der Waals surface area contributed by atoms with Crippen LogP contribution in [0.2, 0.25) is 0 Å². The summed E-state index contributed by atoms with van der Waals surface area (Å²) in [6, 6.07) is 24.3. The molecule has 1 fully saturated rings. The second-order valence-corrected chi connectivity index (χ2v) is 11.8. The molecule has 3 aromatic carbocycles. The molecule has 0 aliphatic carbocycles. The predicted molar refractivity (Wildman–Crippen MR) is 137 cm³/mol. The SMILES string of the molecule is CC(C)(C)c1ccc(CS(=O)(=O)c2cccc(C(=O)N3CCN(c4ccccc4)CC3)c2)cc1. The lowest BCUT2D eigenvalue weighted by Gasteiger charge is -2.36. The van der Waals surface area contributed by atoms with E-state index in [0.29, 0.717) is 18.7 Å². The second-order valence-electron chi connectivity index (χ2n) is 9.85. The molecule has 1 saturated heterocycles. The third-order valence-electron chi connectivity index (χ3n) is 6.30. The minimum absolute atomic E-state index is 0.0126. The molecule has 0 unspecified atom stereocenters. The molecule has 1 aliphatic heterocycles. The van der Waals surface area contributed by atoms with Crippen molar-refractivity contribution in [2.24, 2.45) is 0 Å². The zero-order valence-electron chi connectivity index (χ0n) is 20.1. The number of amides is 1. The van der Waals surface area contributed by atoms with E-state index in [0.717, 1.165) is 29.9 Å². The van der Waals surface area contributed by atoms with Crippen molar-refractivity contribution in [2.75, 3.05) is 31.1 Å². The molecule has 178 valence electrons. The molecule has 0 radical (unpaired) electrons. The van der Waals surface area contributed by atoms with Gasteiger partial charge < -0.3 is 9.80 Å². The maximum Gasteiger partial charge on any atom is 0.254 e. The Morgan fingerprint density at radius 1 is 0.824 bits per heavy atom. The van der Waals surface area contributed by atoms with Crippen LogP contribution in [0.1, 0.15) is 42.3 Å². The summed E-state index contributed by atoms with van der Waals surface area (Å²) < 4.78 is 26.2. The van der Waals surface area contributed by atoms with Gasteiger partial charge in [-0.05, 0) is 46.9 Å². The van der Waals surface area contributed by atoms with Crippen LogP contribution in [0, 0.1) is 0 Å². The number of anilines is 1. The second kappa shape index (κ2) is 9.63. The van der Waals surface area contributed by atoms with Gasteiger partial charge in [-0.15, -0.1) is 0 Å². The van der Waals surface area contributed by atoms with Crippen molar-refractivity contribution < 1.29 is 13.2 Å². The number of nitrogens with zero attached hydrogens (tertiary/aromatic N) is 2. The molecule has 0 aromatic heterocycles. The minimum atomic E-state index is -3.57. The molecular formula is C28H32N2O3S. The zero-order valence-corrected chi connectivity index (χ0v) is 20.9. The Labute approximate surface area is 202 Å².